The Morgan fingerprint density at radius 3 is 2.68 bits per heavy atom. The highest BCUT2D eigenvalue weighted by Gasteiger charge is 2.32. The van der Waals surface area contributed by atoms with Gasteiger partial charge in [0.25, 0.3) is 0 Å². The molecule has 1 fully saturated rings. The molecule has 2 rings (SSSR count). The number of phenolic OH excluding ortho intramolecular Hbond substituents is 1. The maximum Gasteiger partial charge on any atom is 0.118 e. The quantitative estimate of drug-likeness (QED) is 0.860. The highest BCUT2D eigenvalue weighted by molar-refractivity contribution is 5.37. The third-order valence-corrected chi connectivity index (χ3v) is 4.02. The van der Waals surface area contributed by atoms with Crippen molar-refractivity contribution in [2.24, 2.45) is 5.73 Å². The van der Waals surface area contributed by atoms with Crippen LogP contribution in [0.5, 0.6) is 5.75 Å². The van der Waals surface area contributed by atoms with E-state index < -0.39 is 0 Å². The van der Waals surface area contributed by atoms with Crippen LogP contribution in [0.3, 0.4) is 0 Å². The average molecular weight is 264 g/mol. The molecule has 0 aromatic heterocycles. The fraction of sp³-hybridized carbons (Fsp3) is 0.600. The molecule has 4 nitrogen and oxygen atoms in total. The maximum atomic E-state index is 10.0. The highest BCUT2D eigenvalue weighted by atomic mass is 16.5. The standard InChI is InChI=1S/C15H24N2O2/c1-12-3-4-14(18)13(9-12)10-15(2,11-16)17-5-7-19-8-6-17/h3-4,9,18H,5-8,10-11,16H2,1-2H3. The van der Waals surface area contributed by atoms with Crippen LogP contribution >= 0.6 is 0 Å². The molecule has 106 valence electrons. The van der Waals surface area contributed by atoms with Gasteiger partial charge in [-0.05, 0) is 31.9 Å². The van der Waals surface area contributed by atoms with E-state index in [1.807, 2.05) is 19.1 Å². The molecule has 0 spiro atoms. The summed E-state index contributed by atoms with van der Waals surface area (Å²) < 4.78 is 5.40. The fourth-order valence-corrected chi connectivity index (χ4v) is 2.68. The van der Waals surface area contributed by atoms with Crippen LogP contribution < -0.4 is 5.73 Å². The number of rotatable bonds is 4. The fourth-order valence-electron chi connectivity index (χ4n) is 2.68. The number of benzene rings is 1. The third kappa shape index (κ3) is 3.26. The van der Waals surface area contributed by atoms with Crippen LogP contribution in [0.4, 0.5) is 0 Å². The van der Waals surface area contributed by atoms with Gasteiger partial charge in [0.15, 0.2) is 0 Å². The minimum absolute atomic E-state index is 0.130. The van der Waals surface area contributed by atoms with E-state index in [0.29, 0.717) is 12.3 Å². The van der Waals surface area contributed by atoms with Gasteiger partial charge < -0.3 is 15.6 Å². The van der Waals surface area contributed by atoms with Crippen molar-refractivity contribution in [3.8, 4) is 5.75 Å². The molecule has 4 heteroatoms. The second kappa shape index (κ2) is 5.90. The number of aryl methyl sites for hydroxylation is 1. The number of nitrogens with two attached hydrogens (primary N) is 1. The molecule has 3 N–H and O–H groups in total. The number of aromatic hydroxyl groups is 1. The SMILES string of the molecule is Cc1ccc(O)c(CC(C)(CN)N2CCOCC2)c1. The normalized spacial score (nSPS) is 20.2. The van der Waals surface area contributed by atoms with Crippen LogP contribution in [-0.2, 0) is 11.2 Å². The van der Waals surface area contributed by atoms with Gasteiger partial charge in [0.05, 0.1) is 13.2 Å². The summed E-state index contributed by atoms with van der Waals surface area (Å²) in [5, 5.41) is 10.0. The number of ether oxygens (including phenoxy) is 1. The second-order valence-electron chi connectivity index (χ2n) is 5.61. The van der Waals surface area contributed by atoms with Crippen LogP contribution in [-0.4, -0.2) is 48.4 Å². The topological polar surface area (TPSA) is 58.7 Å². The van der Waals surface area contributed by atoms with Gasteiger partial charge in [0, 0.05) is 25.2 Å². The summed E-state index contributed by atoms with van der Waals surface area (Å²) in [6.07, 6.45) is 0.761. The molecule has 1 aromatic rings. The van der Waals surface area contributed by atoms with Crippen molar-refractivity contribution in [3.05, 3.63) is 29.3 Å². The van der Waals surface area contributed by atoms with E-state index in [9.17, 15) is 5.11 Å². The lowest BCUT2D eigenvalue weighted by molar-refractivity contribution is -0.0133. The Morgan fingerprint density at radius 1 is 1.37 bits per heavy atom. The van der Waals surface area contributed by atoms with Gasteiger partial charge in [-0.15, -0.1) is 0 Å². The first kappa shape index (κ1) is 14.3. The molecule has 0 bridgehead atoms. The molecule has 1 aliphatic rings. The molecule has 0 amide bonds. The molecule has 1 heterocycles. The van der Waals surface area contributed by atoms with Gasteiger partial charge in [-0.3, -0.25) is 4.90 Å². The van der Waals surface area contributed by atoms with Gasteiger partial charge in [-0.1, -0.05) is 17.7 Å². The van der Waals surface area contributed by atoms with E-state index in [1.54, 1.807) is 6.07 Å². The zero-order valence-electron chi connectivity index (χ0n) is 11.9. The Bertz CT molecular complexity index is 430. The largest absolute Gasteiger partial charge is 0.508 e. The Labute approximate surface area is 115 Å². The summed E-state index contributed by atoms with van der Waals surface area (Å²) in [6.45, 7) is 8.10. The molecule has 19 heavy (non-hydrogen) atoms. The maximum absolute atomic E-state index is 10.0. The van der Waals surface area contributed by atoms with E-state index in [-0.39, 0.29) is 5.54 Å². The average Bonchev–Trinajstić information content (AvgIpc) is 2.44. The zero-order chi connectivity index (χ0) is 13.9. The van der Waals surface area contributed by atoms with Gasteiger partial charge >= 0.3 is 0 Å². The first-order valence-electron chi connectivity index (χ1n) is 6.86. The molecule has 1 aliphatic heterocycles. The predicted octanol–water partition coefficient (Wildman–Crippen LogP) is 1.29. The molecular formula is C15H24N2O2. The van der Waals surface area contributed by atoms with Crippen molar-refractivity contribution >= 4 is 0 Å². The number of hydrogen-bond acceptors (Lipinski definition) is 4. The predicted molar refractivity (Wildman–Crippen MR) is 76.4 cm³/mol. The lowest BCUT2D eigenvalue weighted by Gasteiger charge is -2.43. The summed E-state index contributed by atoms with van der Waals surface area (Å²) in [5.41, 5.74) is 8.01. The number of hydrogen-bond donors (Lipinski definition) is 2. The van der Waals surface area contributed by atoms with E-state index in [4.69, 9.17) is 10.5 Å². The van der Waals surface area contributed by atoms with Gasteiger partial charge in [0.1, 0.15) is 5.75 Å². The first-order valence-corrected chi connectivity index (χ1v) is 6.86. The third-order valence-electron chi connectivity index (χ3n) is 4.02. The van der Waals surface area contributed by atoms with Crippen molar-refractivity contribution < 1.29 is 9.84 Å². The Kier molecular flexibility index (Phi) is 4.45. The summed E-state index contributed by atoms with van der Waals surface area (Å²) >= 11 is 0. The summed E-state index contributed by atoms with van der Waals surface area (Å²) in [7, 11) is 0. The van der Waals surface area contributed by atoms with Crippen molar-refractivity contribution in [1.29, 1.82) is 0 Å². The molecule has 1 saturated heterocycles. The van der Waals surface area contributed by atoms with Crippen LogP contribution in [0.15, 0.2) is 18.2 Å². The van der Waals surface area contributed by atoms with Crippen molar-refractivity contribution in [2.75, 3.05) is 32.8 Å². The second-order valence-corrected chi connectivity index (χ2v) is 5.61. The zero-order valence-corrected chi connectivity index (χ0v) is 11.9. The van der Waals surface area contributed by atoms with E-state index in [2.05, 4.69) is 11.8 Å². The molecule has 1 unspecified atom stereocenters. The first-order chi connectivity index (χ1) is 9.05. The van der Waals surface area contributed by atoms with Gasteiger partial charge in [0.2, 0.25) is 0 Å². The molecular weight excluding hydrogens is 240 g/mol. The van der Waals surface area contributed by atoms with Gasteiger partial charge in [-0.25, -0.2) is 0 Å². The van der Waals surface area contributed by atoms with Crippen LogP contribution in [0.1, 0.15) is 18.1 Å². The van der Waals surface area contributed by atoms with Crippen LogP contribution in [0.2, 0.25) is 0 Å². The van der Waals surface area contributed by atoms with Crippen molar-refractivity contribution in [2.45, 2.75) is 25.8 Å². The summed E-state index contributed by atoms with van der Waals surface area (Å²) in [5.74, 6) is 0.360. The molecule has 1 atom stereocenters. The minimum atomic E-state index is -0.130. The molecule has 1 aromatic carbocycles. The van der Waals surface area contributed by atoms with Crippen molar-refractivity contribution in [3.63, 3.8) is 0 Å². The van der Waals surface area contributed by atoms with E-state index in [1.165, 1.54) is 0 Å². The molecule has 0 radical (unpaired) electrons. The van der Waals surface area contributed by atoms with Crippen LogP contribution in [0.25, 0.3) is 0 Å². The molecule has 0 saturated carbocycles. The minimum Gasteiger partial charge on any atom is -0.508 e. The summed E-state index contributed by atoms with van der Waals surface area (Å²) in [6, 6.07) is 5.73. The van der Waals surface area contributed by atoms with E-state index >= 15 is 0 Å². The van der Waals surface area contributed by atoms with Crippen LogP contribution in [0, 0.1) is 6.92 Å². The Morgan fingerprint density at radius 2 is 2.05 bits per heavy atom. The van der Waals surface area contributed by atoms with Crippen molar-refractivity contribution in [1.82, 2.24) is 4.90 Å². The van der Waals surface area contributed by atoms with Gasteiger partial charge in [-0.2, -0.15) is 0 Å². The lowest BCUT2D eigenvalue weighted by atomic mass is 9.89. The highest BCUT2D eigenvalue weighted by Crippen LogP contribution is 2.27. The number of phenols is 1. The Hall–Kier alpha value is -1.10. The summed E-state index contributed by atoms with van der Waals surface area (Å²) in [4.78, 5) is 2.37. The smallest absolute Gasteiger partial charge is 0.118 e. The molecule has 0 aliphatic carbocycles. The number of nitrogens with zero attached hydrogens (tertiary/aromatic N) is 1. The lowest BCUT2D eigenvalue weighted by Crippen LogP contribution is -2.56. The monoisotopic (exact) mass is 264 g/mol. The van der Waals surface area contributed by atoms with E-state index in [0.717, 1.165) is 43.9 Å². The number of morpholine rings is 1. The Balaban J connectivity index is 2.19.